The lowest BCUT2D eigenvalue weighted by Crippen LogP contribution is -2.14. The molecule has 0 nitrogen and oxygen atoms in total. The minimum atomic E-state index is 0.273. The van der Waals surface area contributed by atoms with Crippen molar-refractivity contribution in [1.29, 1.82) is 0 Å². The molecule has 0 saturated heterocycles. The lowest BCUT2D eigenvalue weighted by Gasteiger charge is -2.23. The van der Waals surface area contributed by atoms with Crippen molar-refractivity contribution < 1.29 is 0 Å². The summed E-state index contributed by atoms with van der Waals surface area (Å²) in [6, 6.07) is 0. The molecule has 0 aromatic carbocycles. The molecule has 0 aliphatic carbocycles. The molecule has 0 aromatic rings. The third kappa shape index (κ3) is 4.87. The van der Waals surface area contributed by atoms with E-state index in [0.717, 1.165) is 12.8 Å². The van der Waals surface area contributed by atoms with E-state index in [9.17, 15) is 0 Å². The van der Waals surface area contributed by atoms with Crippen LogP contribution in [-0.4, -0.2) is 5.38 Å². The third-order valence-electron chi connectivity index (χ3n) is 1.53. The molecule has 0 heterocycles. The first-order valence-corrected chi connectivity index (χ1v) is 4.16. The van der Waals surface area contributed by atoms with Crippen molar-refractivity contribution in [3.8, 4) is 0 Å². The van der Waals surface area contributed by atoms with Gasteiger partial charge in [0.25, 0.3) is 0 Å². The lowest BCUT2D eigenvalue weighted by atomic mass is 9.85. The number of hydrogen-bond acceptors (Lipinski definition) is 0. The van der Waals surface area contributed by atoms with Gasteiger partial charge in [0.15, 0.2) is 0 Å². The van der Waals surface area contributed by atoms with E-state index in [-0.39, 0.29) is 5.38 Å². The quantitative estimate of drug-likeness (QED) is 0.436. The van der Waals surface area contributed by atoms with Crippen LogP contribution in [0.3, 0.4) is 0 Å². The predicted molar refractivity (Wildman–Crippen MR) is 48.5 cm³/mol. The second kappa shape index (κ2) is 4.02. The number of rotatable bonds is 4. The summed E-state index contributed by atoms with van der Waals surface area (Å²) >= 11 is 5.86. The molecule has 0 bridgehead atoms. The first-order chi connectivity index (χ1) is 4.48. The van der Waals surface area contributed by atoms with E-state index in [1.54, 1.807) is 0 Å². The van der Waals surface area contributed by atoms with E-state index < -0.39 is 0 Å². The van der Waals surface area contributed by atoms with E-state index in [4.69, 9.17) is 11.6 Å². The van der Waals surface area contributed by atoms with Gasteiger partial charge in [-0.05, 0) is 25.2 Å². The van der Waals surface area contributed by atoms with Gasteiger partial charge < -0.3 is 0 Å². The summed E-state index contributed by atoms with van der Waals surface area (Å²) in [5.41, 5.74) is 0.322. The van der Waals surface area contributed by atoms with Crippen molar-refractivity contribution >= 4 is 11.6 Å². The zero-order chi connectivity index (χ0) is 8.20. The van der Waals surface area contributed by atoms with Crippen LogP contribution in [-0.2, 0) is 0 Å². The summed E-state index contributed by atoms with van der Waals surface area (Å²) in [5.74, 6) is 0. The van der Waals surface area contributed by atoms with Gasteiger partial charge in [-0.25, -0.2) is 0 Å². The van der Waals surface area contributed by atoms with Crippen molar-refractivity contribution in [2.75, 3.05) is 0 Å². The van der Waals surface area contributed by atoms with E-state index in [0.29, 0.717) is 5.41 Å². The Labute approximate surface area is 69.3 Å². The fourth-order valence-corrected chi connectivity index (χ4v) is 1.65. The van der Waals surface area contributed by atoms with Crippen LogP contribution in [0.5, 0.6) is 0 Å². The van der Waals surface area contributed by atoms with Crippen molar-refractivity contribution in [1.82, 2.24) is 0 Å². The van der Waals surface area contributed by atoms with Gasteiger partial charge in [-0.2, -0.15) is 0 Å². The first kappa shape index (κ1) is 10.0. The highest BCUT2D eigenvalue weighted by Crippen LogP contribution is 2.28. The van der Waals surface area contributed by atoms with Crippen molar-refractivity contribution in [2.45, 2.75) is 39.0 Å². The van der Waals surface area contributed by atoms with E-state index in [2.05, 4.69) is 20.4 Å². The van der Waals surface area contributed by atoms with E-state index >= 15 is 0 Å². The molecule has 0 spiro atoms. The summed E-state index contributed by atoms with van der Waals surface area (Å²) in [6.45, 7) is 10.2. The standard InChI is InChI=1S/C9H17Cl/c1-5-6-9(3,4)7-8(2)10/h5,8H,1,6-7H2,2-4H3. The maximum Gasteiger partial charge on any atom is 0.0313 e. The average molecular weight is 161 g/mol. The molecule has 0 rings (SSSR count). The van der Waals surface area contributed by atoms with Gasteiger partial charge in [0.1, 0.15) is 0 Å². The molecule has 0 radical (unpaired) electrons. The number of halogens is 1. The molecule has 0 aromatic heterocycles. The lowest BCUT2D eigenvalue weighted by molar-refractivity contribution is 0.339. The van der Waals surface area contributed by atoms with Crippen molar-refractivity contribution in [2.24, 2.45) is 5.41 Å². The maximum atomic E-state index is 5.86. The molecule has 0 N–H and O–H groups in total. The van der Waals surface area contributed by atoms with Crippen molar-refractivity contribution in [3.05, 3.63) is 12.7 Å². The Morgan fingerprint density at radius 2 is 2.10 bits per heavy atom. The average Bonchev–Trinajstić information content (AvgIpc) is 1.59. The molecule has 0 aliphatic rings. The molecule has 0 saturated carbocycles. The third-order valence-corrected chi connectivity index (χ3v) is 1.69. The highest BCUT2D eigenvalue weighted by atomic mass is 35.5. The largest absolute Gasteiger partial charge is 0.123 e. The van der Waals surface area contributed by atoms with Gasteiger partial charge in [0.2, 0.25) is 0 Å². The molecular weight excluding hydrogens is 144 g/mol. The van der Waals surface area contributed by atoms with Crippen LogP contribution >= 0.6 is 11.6 Å². The van der Waals surface area contributed by atoms with Crippen LogP contribution < -0.4 is 0 Å². The Balaban J connectivity index is 3.73. The minimum absolute atomic E-state index is 0.273. The smallest absolute Gasteiger partial charge is 0.0313 e. The molecule has 1 heteroatoms. The molecule has 60 valence electrons. The summed E-state index contributed by atoms with van der Waals surface area (Å²) in [6.07, 6.45) is 4.06. The van der Waals surface area contributed by atoms with Gasteiger partial charge in [0.05, 0.1) is 0 Å². The van der Waals surface area contributed by atoms with Crippen LogP contribution in [0, 0.1) is 5.41 Å². The van der Waals surface area contributed by atoms with Crippen LogP contribution in [0.15, 0.2) is 12.7 Å². The second-order valence-corrected chi connectivity index (χ2v) is 4.39. The van der Waals surface area contributed by atoms with Gasteiger partial charge in [0, 0.05) is 5.38 Å². The van der Waals surface area contributed by atoms with Crippen LogP contribution in [0.2, 0.25) is 0 Å². The zero-order valence-corrected chi connectivity index (χ0v) is 7.91. The number of allylic oxidation sites excluding steroid dienone is 1. The van der Waals surface area contributed by atoms with Gasteiger partial charge >= 0.3 is 0 Å². The fourth-order valence-electron chi connectivity index (χ4n) is 1.24. The molecule has 1 unspecified atom stereocenters. The van der Waals surface area contributed by atoms with Crippen LogP contribution in [0.25, 0.3) is 0 Å². The summed E-state index contributed by atoms with van der Waals surface area (Å²) in [5, 5.41) is 0.273. The molecule has 1 atom stereocenters. The zero-order valence-electron chi connectivity index (χ0n) is 7.15. The predicted octanol–water partition coefficient (Wildman–Crippen LogP) is 3.61. The van der Waals surface area contributed by atoms with Crippen molar-refractivity contribution in [3.63, 3.8) is 0 Å². The minimum Gasteiger partial charge on any atom is -0.123 e. The highest BCUT2D eigenvalue weighted by molar-refractivity contribution is 6.20. The second-order valence-electron chi connectivity index (χ2n) is 3.64. The Morgan fingerprint density at radius 1 is 1.60 bits per heavy atom. The number of hydrogen-bond donors (Lipinski definition) is 0. The molecular formula is C9H17Cl. The first-order valence-electron chi connectivity index (χ1n) is 3.73. The van der Waals surface area contributed by atoms with E-state index in [1.807, 2.05) is 13.0 Å². The highest BCUT2D eigenvalue weighted by Gasteiger charge is 2.17. The van der Waals surface area contributed by atoms with Gasteiger partial charge in [-0.1, -0.05) is 19.9 Å². The van der Waals surface area contributed by atoms with Crippen LogP contribution in [0.1, 0.15) is 33.6 Å². The summed E-state index contributed by atoms with van der Waals surface area (Å²) < 4.78 is 0. The Hall–Kier alpha value is 0.0300. The Morgan fingerprint density at radius 3 is 2.40 bits per heavy atom. The van der Waals surface area contributed by atoms with Gasteiger partial charge in [-0.3, -0.25) is 0 Å². The monoisotopic (exact) mass is 160 g/mol. The Kier molecular flexibility index (Phi) is 4.04. The van der Waals surface area contributed by atoms with Gasteiger partial charge in [-0.15, -0.1) is 18.2 Å². The topological polar surface area (TPSA) is 0 Å². The molecule has 0 fully saturated rings. The maximum absolute atomic E-state index is 5.86. The molecule has 0 aliphatic heterocycles. The summed E-state index contributed by atoms with van der Waals surface area (Å²) in [4.78, 5) is 0. The fraction of sp³-hybridized carbons (Fsp3) is 0.778. The van der Waals surface area contributed by atoms with E-state index in [1.165, 1.54) is 0 Å². The number of alkyl halides is 1. The molecule has 0 amide bonds. The van der Waals surface area contributed by atoms with Crippen LogP contribution in [0.4, 0.5) is 0 Å². The normalized spacial score (nSPS) is 14.8. The summed E-state index contributed by atoms with van der Waals surface area (Å²) in [7, 11) is 0. The Bertz CT molecular complexity index is 103. The molecule has 10 heavy (non-hydrogen) atoms. The SMILES string of the molecule is C=CCC(C)(C)CC(C)Cl.